The number of nitrogens with one attached hydrogen (secondary N) is 1. The monoisotopic (exact) mass is 351 g/mol. The zero-order chi connectivity index (χ0) is 18.1. The van der Waals surface area contributed by atoms with E-state index in [9.17, 15) is 14.9 Å². The van der Waals surface area contributed by atoms with Gasteiger partial charge in [-0.25, -0.2) is 4.98 Å². The molecule has 0 aliphatic carbocycles. The Morgan fingerprint density at radius 3 is 2.65 bits per heavy atom. The predicted molar refractivity (Wildman–Crippen MR) is 97.3 cm³/mol. The number of benzene rings is 1. The first-order chi connectivity index (χ1) is 12.6. The zero-order valence-corrected chi connectivity index (χ0v) is 14.0. The van der Waals surface area contributed by atoms with Crippen LogP contribution in [-0.2, 0) is 0 Å². The van der Waals surface area contributed by atoms with Crippen LogP contribution in [0.1, 0.15) is 10.4 Å². The highest BCUT2D eigenvalue weighted by Crippen LogP contribution is 2.26. The summed E-state index contributed by atoms with van der Waals surface area (Å²) >= 11 is 0. The Labute approximate surface area is 149 Å². The fourth-order valence-corrected chi connectivity index (χ4v) is 3.31. The number of aromatic nitrogens is 2. The number of hydrogen-bond donors (Lipinski definition) is 1. The highest BCUT2D eigenvalue weighted by atomic mass is 16.6. The van der Waals surface area contributed by atoms with Gasteiger partial charge in [0.05, 0.1) is 10.5 Å². The summed E-state index contributed by atoms with van der Waals surface area (Å²) in [5.74, 6) is 0.328. The normalized spacial score (nSPS) is 14.6. The summed E-state index contributed by atoms with van der Waals surface area (Å²) in [5, 5.41) is 12.1. The van der Waals surface area contributed by atoms with Crippen molar-refractivity contribution in [1.29, 1.82) is 0 Å². The molecule has 8 nitrogen and oxygen atoms in total. The Morgan fingerprint density at radius 1 is 1.12 bits per heavy atom. The van der Waals surface area contributed by atoms with Crippen LogP contribution in [0.3, 0.4) is 0 Å². The number of nitro groups is 1. The number of para-hydroxylation sites is 1. The van der Waals surface area contributed by atoms with Gasteiger partial charge in [0.25, 0.3) is 5.91 Å². The Kier molecular flexibility index (Phi) is 4.00. The van der Waals surface area contributed by atoms with E-state index in [1.807, 2.05) is 29.2 Å². The van der Waals surface area contributed by atoms with Crippen molar-refractivity contribution in [2.45, 2.75) is 0 Å². The molecule has 0 radical (unpaired) electrons. The Balaban J connectivity index is 1.50. The highest BCUT2D eigenvalue weighted by molar-refractivity contribution is 6.06. The maximum atomic E-state index is 12.9. The molecule has 1 saturated heterocycles. The van der Waals surface area contributed by atoms with Crippen LogP contribution in [-0.4, -0.2) is 51.9 Å². The fraction of sp³-hybridized carbons (Fsp3) is 0.222. The highest BCUT2D eigenvalue weighted by Gasteiger charge is 2.27. The van der Waals surface area contributed by atoms with Gasteiger partial charge in [-0.3, -0.25) is 14.9 Å². The van der Waals surface area contributed by atoms with Crippen molar-refractivity contribution in [3.05, 3.63) is 64.5 Å². The average Bonchev–Trinajstić information content (AvgIpc) is 3.11. The van der Waals surface area contributed by atoms with E-state index in [-0.39, 0.29) is 11.6 Å². The molecule has 1 fully saturated rings. The molecule has 1 aliphatic heterocycles. The topological polar surface area (TPSA) is 95.4 Å². The van der Waals surface area contributed by atoms with Crippen LogP contribution in [0.15, 0.2) is 48.8 Å². The van der Waals surface area contributed by atoms with Crippen LogP contribution in [0.4, 0.5) is 11.5 Å². The molecular weight excluding hydrogens is 334 g/mol. The number of aromatic amines is 1. The number of fused-ring (bicyclic) bond motifs is 1. The van der Waals surface area contributed by atoms with Gasteiger partial charge in [-0.15, -0.1) is 0 Å². The van der Waals surface area contributed by atoms with Crippen molar-refractivity contribution >= 4 is 28.3 Å². The number of carbonyl (C=O) groups excluding carboxylic acids is 1. The molecule has 1 aromatic carbocycles. The first-order valence-electron chi connectivity index (χ1n) is 8.35. The van der Waals surface area contributed by atoms with E-state index in [0.717, 1.165) is 10.9 Å². The third kappa shape index (κ3) is 2.75. The van der Waals surface area contributed by atoms with Crippen LogP contribution >= 0.6 is 0 Å². The standard InChI is InChI=1S/C18H17N5O3/c24-18(14-12-20-15-5-2-1-4-13(14)15)22-10-8-21(9-11-22)17-16(23(25)26)6-3-7-19-17/h1-7,12,20H,8-11H2. The fourth-order valence-electron chi connectivity index (χ4n) is 3.31. The predicted octanol–water partition coefficient (Wildman–Crippen LogP) is 2.43. The van der Waals surface area contributed by atoms with Gasteiger partial charge in [0, 0.05) is 55.5 Å². The largest absolute Gasteiger partial charge is 0.360 e. The molecule has 0 saturated carbocycles. The smallest absolute Gasteiger partial charge is 0.311 e. The van der Waals surface area contributed by atoms with Crippen LogP contribution in [0, 0.1) is 10.1 Å². The number of pyridine rings is 1. The molecule has 1 N–H and O–H groups in total. The molecule has 0 atom stereocenters. The molecule has 8 heteroatoms. The van der Waals surface area contributed by atoms with E-state index < -0.39 is 4.92 Å². The first-order valence-corrected chi connectivity index (χ1v) is 8.35. The van der Waals surface area contributed by atoms with Crippen molar-refractivity contribution in [1.82, 2.24) is 14.9 Å². The molecular formula is C18H17N5O3. The maximum absolute atomic E-state index is 12.9. The van der Waals surface area contributed by atoms with E-state index in [1.54, 1.807) is 23.4 Å². The minimum Gasteiger partial charge on any atom is -0.360 e. The third-order valence-electron chi connectivity index (χ3n) is 4.65. The number of hydrogen-bond acceptors (Lipinski definition) is 5. The van der Waals surface area contributed by atoms with Crippen molar-refractivity contribution < 1.29 is 9.72 Å². The number of rotatable bonds is 3. The summed E-state index contributed by atoms with van der Waals surface area (Å²) in [7, 11) is 0. The van der Waals surface area contributed by atoms with E-state index in [1.165, 1.54) is 6.07 Å². The Bertz CT molecular complexity index is 976. The van der Waals surface area contributed by atoms with Crippen molar-refractivity contribution in [3.8, 4) is 0 Å². The van der Waals surface area contributed by atoms with E-state index >= 15 is 0 Å². The molecule has 4 rings (SSSR count). The quantitative estimate of drug-likeness (QED) is 0.577. The number of H-pyrrole nitrogens is 1. The Morgan fingerprint density at radius 2 is 1.88 bits per heavy atom. The molecule has 3 heterocycles. The Hall–Kier alpha value is -3.42. The summed E-state index contributed by atoms with van der Waals surface area (Å²) in [5.41, 5.74) is 1.57. The van der Waals surface area contributed by atoms with Crippen molar-refractivity contribution in [2.75, 3.05) is 31.1 Å². The summed E-state index contributed by atoms with van der Waals surface area (Å²) in [6, 6.07) is 10.7. The lowest BCUT2D eigenvalue weighted by molar-refractivity contribution is -0.384. The van der Waals surface area contributed by atoms with E-state index in [2.05, 4.69) is 9.97 Å². The minimum atomic E-state index is -0.425. The van der Waals surface area contributed by atoms with Gasteiger partial charge in [-0.2, -0.15) is 0 Å². The molecule has 3 aromatic rings. The van der Waals surface area contributed by atoms with Gasteiger partial charge < -0.3 is 14.8 Å². The summed E-state index contributed by atoms with van der Waals surface area (Å²) in [4.78, 5) is 34.5. The summed E-state index contributed by atoms with van der Waals surface area (Å²) < 4.78 is 0. The van der Waals surface area contributed by atoms with Gasteiger partial charge in [0.1, 0.15) is 0 Å². The van der Waals surface area contributed by atoms with E-state index in [0.29, 0.717) is 37.6 Å². The van der Waals surface area contributed by atoms with Crippen molar-refractivity contribution in [3.63, 3.8) is 0 Å². The van der Waals surface area contributed by atoms with Gasteiger partial charge in [-0.1, -0.05) is 18.2 Å². The number of amides is 1. The molecule has 1 amide bonds. The second-order valence-corrected chi connectivity index (χ2v) is 6.13. The minimum absolute atomic E-state index is 0.0103. The van der Waals surface area contributed by atoms with Crippen LogP contribution in [0.25, 0.3) is 10.9 Å². The SMILES string of the molecule is O=C(c1c[nH]c2ccccc12)N1CCN(c2ncccc2[N+](=O)[O-])CC1. The van der Waals surface area contributed by atoms with Gasteiger partial charge in [0.2, 0.25) is 5.82 Å². The summed E-state index contributed by atoms with van der Waals surface area (Å²) in [6.07, 6.45) is 3.29. The van der Waals surface area contributed by atoms with Crippen molar-refractivity contribution in [2.24, 2.45) is 0 Å². The molecule has 132 valence electrons. The molecule has 0 unspecified atom stereocenters. The van der Waals surface area contributed by atoms with E-state index in [4.69, 9.17) is 0 Å². The lowest BCUT2D eigenvalue weighted by Gasteiger charge is -2.35. The average molecular weight is 351 g/mol. The van der Waals surface area contributed by atoms with Gasteiger partial charge in [0.15, 0.2) is 0 Å². The number of anilines is 1. The molecule has 1 aliphatic rings. The number of nitrogens with zero attached hydrogens (tertiary/aromatic N) is 4. The van der Waals surface area contributed by atoms with Crippen LogP contribution < -0.4 is 4.90 Å². The third-order valence-corrected chi connectivity index (χ3v) is 4.65. The second-order valence-electron chi connectivity index (χ2n) is 6.13. The second kappa shape index (κ2) is 6.47. The van der Waals surface area contributed by atoms with Gasteiger partial charge in [-0.05, 0) is 12.1 Å². The lowest BCUT2D eigenvalue weighted by Crippen LogP contribution is -2.49. The maximum Gasteiger partial charge on any atom is 0.311 e. The van der Waals surface area contributed by atoms with Crippen LogP contribution in [0.5, 0.6) is 0 Å². The molecule has 2 aromatic heterocycles. The number of carbonyl (C=O) groups is 1. The first kappa shape index (κ1) is 16.1. The lowest BCUT2D eigenvalue weighted by atomic mass is 10.1. The van der Waals surface area contributed by atoms with Gasteiger partial charge >= 0.3 is 5.69 Å². The number of piperazine rings is 1. The molecule has 26 heavy (non-hydrogen) atoms. The molecule has 0 spiro atoms. The van der Waals surface area contributed by atoms with Crippen LogP contribution in [0.2, 0.25) is 0 Å². The zero-order valence-electron chi connectivity index (χ0n) is 14.0. The molecule has 0 bridgehead atoms. The summed E-state index contributed by atoms with van der Waals surface area (Å²) in [6.45, 7) is 2.00.